The SMILES string of the molecule is CN1CCCC(N(C)C(=O)COc2ccc3ccc(=O)oc3c2)C1. The van der Waals surface area contributed by atoms with Crippen LogP contribution in [0.3, 0.4) is 0 Å². The van der Waals surface area contributed by atoms with Crippen LogP contribution in [0.4, 0.5) is 0 Å². The second-order valence-electron chi connectivity index (χ2n) is 6.31. The van der Waals surface area contributed by atoms with E-state index in [1.165, 1.54) is 6.07 Å². The minimum absolute atomic E-state index is 0.0285. The van der Waals surface area contributed by atoms with Crippen LogP contribution in [0.25, 0.3) is 11.0 Å². The molecule has 1 unspecified atom stereocenters. The number of piperidine rings is 1. The van der Waals surface area contributed by atoms with Crippen LogP contribution in [0.5, 0.6) is 5.75 Å². The van der Waals surface area contributed by atoms with E-state index in [0.717, 1.165) is 31.3 Å². The van der Waals surface area contributed by atoms with Gasteiger partial charge in [0.2, 0.25) is 0 Å². The molecule has 6 heteroatoms. The Labute approximate surface area is 140 Å². The Hall–Kier alpha value is -2.34. The Morgan fingerprint density at radius 2 is 2.17 bits per heavy atom. The molecule has 1 aliphatic heterocycles. The molecule has 1 saturated heterocycles. The first-order valence-electron chi connectivity index (χ1n) is 8.14. The predicted octanol–water partition coefficient (Wildman–Crippen LogP) is 1.72. The number of ether oxygens (including phenoxy) is 1. The molecule has 1 aromatic heterocycles. The number of benzene rings is 1. The number of carbonyl (C=O) groups excluding carboxylic acids is 1. The van der Waals surface area contributed by atoms with Crippen LogP contribution in [0.1, 0.15) is 12.8 Å². The van der Waals surface area contributed by atoms with Crippen LogP contribution >= 0.6 is 0 Å². The van der Waals surface area contributed by atoms with Gasteiger partial charge in [-0.3, -0.25) is 4.79 Å². The molecule has 2 heterocycles. The van der Waals surface area contributed by atoms with E-state index in [4.69, 9.17) is 9.15 Å². The third-order valence-corrected chi connectivity index (χ3v) is 4.50. The molecule has 0 saturated carbocycles. The van der Waals surface area contributed by atoms with Gasteiger partial charge in [0.15, 0.2) is 6.61 Å². The molecule has 0 spiro atoms. The van der Waals surface area contributed by atoms with Gasteiger partial charge in [0.1, 0.15) is 11.3 Å². The summed E-state index contributed by atoms with van der Waals surface area (Å²) in [4.78, 5) is 27.6. The molecular formula is C18H22N2O4. The summed E-state index contributed by atoms with van der Waals surface area (Å²) in [7, 11) is 3.90. The van der Waals surface area contributed by atoms with Crippen molar-refractivity contribution in [2.24, 2.45) is 0 Å². The minimum Gasteiger partial charge on any atom is -0.484 e. The number of likely N-dealkylation sites (tertiary alicyclic amines) is 1. The number of rotatable bonds is 4. The molecule has 1 atom stereocenters. The number of likely N-dealkylation sites (N-methyl/N-ethyl adjacent to an activating group) is 2. The lowest BCUT2D eigenvalue weighted by Crippen LogP contribution is -2.48. The molecule has 0 radical (unpaired) electrons. The summed E-state index contributed by atoms with van der Waals surface area (Å²) in [5, 5.41) is 0.815. The normalized spacial score (nSPS) is 18.5. The Morgan fingerprint density at radius 1 is 1.38 bits per heavy atom. The Morgan fingerprint density at radius 3 is 2.96 bits per heavy atom. The molecule has 0 aliphatic carbocycles. The van der Waals surface area contributed by atoms with E-state index in [1.54, 1.807) is 29.2 Å². The van der Waals surface area contributed by atoms with Crippen molar-refractivity contribution >= 4 is 16.9 Å². The van der Waals surface area contributed by atoms with Crippen molar-refractivity contribution in [3.8, 4) is 5.75 Å². The van der Waals surface area contributed by atoms with E-state index in [-0.39, 0.29) is 18.6 Å². The average Bonchev–Trinajstić information content (AvgIpc) is 2.58. The third-order valence-electron chi connectivity index (χ3n) is 4.50. The van der Waals surface area contributed by atoms with Crippen LogP contribution in [-0.2, 0) is 4.79 Å². The molecule has 0 bridgehead atoms. The Balaban J connectivity index is 1.62. The first-order chi connectivity index (χ1) is 11.5. The lowest BCUT2D eigenvalue weighted by Gasteiger charge is -2.35. The number of nitrogens with zero attached hydrogens (tertiary/aromatic N) is 2. The summed E-state index contributed by atoms with van der Waals surface area (Å²) in [6, 6.07) is 8.52. The smallest absolute Gasteiger partial charge is 0.336 e. The number of amides is 1. The van der Waals surface area contributed by atoms with E-state index < -0.39 is 5.63 Å². The summed E-state index contributed by atoms with van der Waals surface area (Å²) in [5.41, 5.74) is 0.0478. The third kappa shape index (κ3) is 3.76. The molecule has 2 aromatic rings. The highest BCUT2D eigenvalue weighted by molar-refractivity contribution is 5.79. The van der Waals surface area contributed by atoms with Crippen LogP contribution in [-0.4, -0.2) is 55.5 Å². The van der Waals surface area contributed by atoms with E-state index in [2.05, 4.69) is 11.9 Å². The average molecular weight is 330 g/mol. The van der Waals surface area contributed by atoms with Gasteiger partial charge in [-0.2, -0.15) is 0 Å². The largest absolute Gasteiger partial charge is 0.484 e. The molecule has 1 aromatic carbocycles. The van der Waals surface area contributed by atoms with Gasteiger partial charge in [0.05, 0.1) is 0 Å². The number of carbonyl (C=O) groups is 1. The standard InChI is InChI=1S/C18H22N2O4/c1-19-9-3-4-14(11-19)20(2)17(21)12-23-15-7-5-13-6-8-18(22)24-16(13)10-15/h5-8,10,14H,3-4,9,11-12H2,1-2H3. The molecule has 0 N–H and O–H groups in total. The van der Waals surface area contributed by atoms with E-state index in [1.807, 2.05) is 7.05 Å². The minimum atomic E-state index is -0.406. The molecule has 3 rings (SSSR count). The van der Waals surface area contributed by atoms with E-state index >= 15 is 0 Å². The van der Waals surface area contributed by atoms with Gasteiger partial charge < -0.3 is 19.0 Å². The highest BCUT2D eigenvalue weighted by Crippen LogP contribution is 2.20. The predicted molar refractivity (Wildman–Crippen MR) is 91.3 cm³/mol. The molecule has 128 valence electrons. The van der Waals surface area contributed by atoms with Crippen molar-refractivity contribution in [2.75, 3.05) is 33.8 Å². The first kappa shape index (κ1) is 16.5. The van der Waals surface area contributed by atoms with Crippen LogP contribution in [0, 0.1) is 0 Å². The quantitative estimate of drug-likeness (QED) is 0.799. The van der Waals surface area contributed by atoms with Gasteiger partial charge in [-0.1, -0.05) is 0 Å². The highest BCUT2D eigenvalue weighted by atomic mass is 16.5. The molecular weight excluding hydrogens is 308 g/mol. The van der Waals surface area contributed by atoms with Crippen molar-refractivity contribution in [1.82, 2.24) is 9.80 Å². The van der Waals surface area contributed by atoms with Crippen molar-refractivity contribution in [2.45, 2.75) is 18.9 Å². The summed E-state index contributed by atoms with van der Waals surface area (Å²) in [6.45, 7) is 1.94. The fourth-order valence-corrected chi connectivity index (χ4v) is 3.04. The first-order valence-corrected chi connectivity index (χ1v) is 8.14. The van der Waals surface area contributed by atoms with E-state index in [0.29, 0.717) is 11.3 Å². The summed E-state index contributed by atoms with van der Waals surface area (Å²) in [6.07, 6.45) is 2.12. The number of hydrogen-bond donors (Lipinski definition) is 0. The Kier molecular flexibility index (Phi) is 4.85. The zero-order valence-corrected chi connectivity index (χ0v) is 14.0. The fraction of sp³-hybridized carbons (Fsp3) is 0.444. The zero-order valence-electron chi connectivity index (χ0n) is 14.0. The van der Waals surface area contributed by atoms with Gasteiger partial charge in [-0.15, -0.1) is 0 Å². The van der Waals surface area contributed by atoms with Crippen LogP contribution < -0.4 is 10.4 Å². The van der Waals surface area contributed by atoms with Gasteiger partial charge >= 0.3 is 5.63 Å². The van der Waals surface area contributed by atoms with Gasteiger partial charge in [0, 0.05) is 37.2 Å². The van der Waals surface area contributed by atoms with Crippen molar-refractivity contribution in [3.05, 3.63) is 40.8 Å². The molecule has 1 fully saturated rings. The molecule has 1 aliphatic rings. The molecule has 6 nitrogen and oxygen atoms in total. The lowest BCUT2D eigenvalue weighted by molar-refractivity contribution is -0.135. The maximum Gasteiger partial charge on any atom is 0.336 e. The van der Waals surface area contributed by atoms with Crippen molar-refractivity contribution in [3.63, 3.8) is 0 Å². The summed E-state index contributed by atoms with van der Waals surface area (Å²) >= 11 is 0. The van der Waals surface area contributed by atoms with Gasteiger partial charge in [0.25, 0.3) is 5.91 Å². The lowest BCUT2D eigenvalue weighted by atomic mass is 10.1. The molecule has 24 heavy (non-hydrogen) atoms. The Bertz CT molecular complexity index is 786. The summed E-state index contributed by atoms with van der Waals surface area (Å²) < 4.78 is 10.7. The highest BCUT2D eigenvalue weighted by Gasteiger charge is 2.24. The topological polar surface area (TPSA) is 63.0 Å². The maximum absolute atomic E-state index is 12.3. The summed E-state index contributed by atoms with van der Waals surface area (Å²) in [5.74, 6) is 0.462. The fourth-order valence-electron chi connectivity index (χ4n) is 3.04. The number of hydrogen-bond acceptors (Lipinski definition) is 5. The monoisotopic (exact) mass is 330 g/mol. The van der Waals surface area contributed by atoms with Crippen molar-refractivity contribution < 1.29 is 13.9 Å². The van der Waals surface area contributed by atoms with E-state index in [9.17, 15) is 9.59 Å². The van der Waals surface area contributed by atoms with Crippen molar-refractivity contribution in [1.29, 1.82) is 0 Å². The second kappa shape index (κ2) is 7.05. The van der Waals surface area contributed by atoms with Crippen LogP contribution in [0.15, 0.2) is 39.5 Å². The number of fused-ring (bicyclic) bond motifs is 1. The molecule has 1 amide bonds. The zero-order chi connectivity index (χ0) is 17.1. The van der Waals surface area contributed by atoms with Crippen LogP contribution in [0.2, 0.25) is 0 Å². The second-order valence-corrected chi connectivity index (χ2v) is 6.31. The maximum atomic E-state index is 12.3. The van der Waals surface area contributed by atoms with Gasteiger partial charge in [-0.05, 0) is 44.6 Å². The van der Waals surface area contributed by atoms with Gasteiger partial charge in [-0.25, -0.2) is 4.79 Å².